The van der Waals surface area contributed by atoms with Crippen molar-refractivity contribution in [3.05, 3.63) is 87.4 Å². The first-order chi connectivity index (χ1) is 16.4. The van der Waals surface area contributed by atoms with Crippen molar-refractivity contribution in [2.75, 3.05) is 13.7 Å². The van der Waals surface area contributed by atoms with Gasteiger partial charge >= 0.3 is 0 Å². The van der Waals surface area contributed by atoms with Crippen LogP contribution in [0.3, 0.4) is 0 Å². The van der Waals surface area contributed by atoms with Crippen LogP contribution in [0.15, 0.2) is 60.0 Å². The average molecular weight is 481 g/mol. The molecular formula is C27H29FN2O3S. The fourth-order valence-electron chi connectivity index (χ4n) is 3.85. The largest absolute Gasteiger partial charge is 0.497 e. The highest BCUT2D eigenvalue weighted by atomic mass is 32.1. The summed E-state index contributed by atoms with van der Waals surface area (Å²) in [6, 6.07) is 15.8. The lowest BCUT2D eigenvalue weighted by Crippen LogP contribution is -2.44. The van der Waals surface area contributed by atoms with Gasteiger partial charge in [-0.2, -0.15) is 0 Å². The van der Waals surface area contributed by atoms with E-state index in [-0.39, 0.29) is 36.6 Å². The number of nitrogens with zero attached hydrogens (tertiary/aromatic N) is 2. The van der Waals surface area contributed by atoms with Gasteiger partial charge < -0.3 is 14.5 Å². The van der Waals surface area contributed by atoms with Gasteiger partial charge in [0.25, 0.3) is 0 Å². The predicted octanol–water partition coefficient (Wildman–Crippen LogP) is 4.97. The first-order valence-corrected chi connectivity index (χ1v) is 12.3. The molecule has 34 heavy (non-hydrogen) atoms. The Bertz CT molecular complexity index is 1120. The molecule has 0 spiro atoms. The molecule has 0 atom stereocenters. The Kier molecular flexibility index (Phi) is 7.63. The molecule has 1 aliphatic rings. The van der Waals surface area contributed by atoms with Crippen LogP contribution in [0.1, 0.15) is 34.4 Å². The Balaban J connectivity index is 1.48. The number of carbonyl (C=O) groups excluding carboxylic acids is 2. The first kappa shape index (κ1) is 24.0. The molecule has 1 aromatic heterocycles. The maximum absolute atomic E-state index is 13.5. The Morgan fingerprint density at radius 2 is 1.65 bits per heavy atom. The molecule has 2 aromatic carbocycles. The van der Waals surface area contributed by atoms with Gasteiger partial charge in [-0.05, 0) is 72.2 Å². The lowest BCUT2D eigenvalue weighted by atomic mass is 10.1. The molecule has 0 saturated heterocycles. The van der Waals surface area contributed by atoms with Crippen LogP contribution in [-0.4, -0.2) is 41.3 Å². The Morgan fingerprint density at radius 1 is 0.971 bits per heavy atom. The summed E-state index contributed by atoms with van der Waals surface area (Å²) in [4.78, 5) is 31.2. The second kappa shape index (κ2) is 10.8. The van der Waals surface area contributed by atoms with Gasteiger partial charge in [0, 0.05) is 17.5 Å². The summed E-state index contributed by atoms with van der Waals surface area (Å²) in [5.74, 6) is 0.285. The van der Waals surface area contributed by atoms with Gasteiger partial charge in [-0.15, -0.1) is 11.3 Å². The van der Waals surface area contributed by atoms with Crippen molar-refractivity contribution in [3.8, 4) is 5.75 Å². The lowest BCUT2D eigenvalue weighted by Gasteiger charge is -2.28. The van der Waals surface area contributed by atoms with E-state index in [9.17, 15) is 14.0 Å². The first-order valence-electron chi connectivity index (χ1n) is 11.4. The van der Waals surface area contributed by atoms with Crippen molar-refractivity contribution in [1.29, 1.82) is 0 Å². The third-order valence-electron chi connectivity index (χ3n) is 6.07. The molecule has 0 unspecified atom stereocenters. The minimum Gasteiger partial charge on any atom is -0.497 e. The van der Waals surface area contributed by atoms with Crippen molar-refractivity contribution in [3.63, 3.8) is 0 Å². The van der Waals surface area contributed by atoms with E-state index >= 15 is 0 Å². The van der Waals surface area contributed by atoms with Crippen molar-refractivity contribution in [1.82, 2.24) is 9.80 Å². The summed E-state index contributed by atoms with van der Waals surface area (Å²) >= 11 is 1.61. The predicted molar refractivity (Wildman–Crippen MR) is 131 cm³/mol. The van der Waals surface area contributed by atoms with Crippen LogP contribution in [0.2, 0.25) is 0 Å². The summed E-state index contributed by atoms with van der Waals surface area (Å²) in [5, 5.41) is 2.01. The molecule has 1 fully saturated rings. The van der Waals surface area contributed by atoms with E-state index in [1.54, 1.807) is 40.4 Å². The van der Waals surface area contributed by atoms with Crippen molar-refractivity contribution in [2.45, 2.75) is 45.3 Å². The minimum atomic E-state index is -0.306. The van der Waals surface area contributed by atoms with Crippen LogP contribution < -0.4 is 4.74 Å². The van der Waals surface area contributed by atoms with Gasteiger partial charge in [0.1, 0.15) is 18.1 Å². The number of rotatable bonds is 10. The van der Waals surface area contributed by atoms with Gasteiger partial charge in [-0.25, -0.2) is 4.39 Å². The summed E-state index contributed by atoms with van der Waals surface area (Å²) in [6.07, 6.45) is 2.09. The zero-order chi connectivity index (χ0) is 24.1. The van der Waals surface area contributed by atoms with Crippen molar-refractivity contribution in [2.24, 2.45) is 0 Å². The van der Waals surface area contributed by atoms with E-state index in [1.165, 1.54) is 12.1 Å². The third-order valence-corrected chi connectivity index (χ3v) is 7.08. The van der Waals surface area contributed by atoms with Crippen LogP contribution in [0.4, 0.5) is 4.39 Å². The summed E-state index contributed by atoms with van der Waals surface area (Å²) < 4.78 is 18.6. The van der Waals surface area contributed by atoms with Gasteiger partial charge in [0.15, 0.2) is 0 Å². The molecule has 0 bridgehead atoms. The van der Waals surface area contributed by atoms with Crippen LogP contribution in [0.25, 0.3) is 0 Å². The van der Waals surface area contributed by atoms with E-state index < -0.39 is 0 Å². The number of carbonyl (C=O) groups is 2. The van der Waals surface area contributed by atoms with Crippen molar-refractivity contribution < 1.29 is 18.7 Å². The number of hydrogen-bond donors (Lipinski definition) is 0. The van der Waals surface area contributed by atoms with E-state index in [1.807, 2.05) is 42.6 Å². The minimum absolute atomic E-state index is 0.0462. The molecule has 1 heterocycles. The van der Waals surface area contributed by atoms with Crippen molar-refractivity contribution >= 4 is 23.2 Å². The average Bonchev–Trinajstić information content (AvgIpc) is 3.60. The molecule has 7 heteroatoms. The summed E-state index contributed by atoms with van der Waals surface area (Å²) in [5.41, 5.74) is 2.88. The second-order valence-electron chi connectivity index (χ2n) is 8.68. The van der Waals surface area contributed by atoms with Gasteiger partial charge in [0.05, 0.1) is 20.1 Å². The molecule has 1 aliphatic carbocycles. The summed E-state index contributed by atoms with van der Waals surface area (Å²) in [6.45, 7) is 2.90. The molecule has 0 radical (unpaired) electrons. The maximum atomic E-state index is 13.5. The SMILES string of the molecule is COc1ccc(CC(=O)N(CC(=O)N(Cc2ccc(F)cc2)Cc2sccc2C)C2CC2)cc1. The van der Waals surface area contributed by atoms with Gasteiger partial charge in [-0.1, -0.05) is 24.3 Å². The number of hydrogen-bond acceptors (Lipinski definition) is 4. The molecule has 4 rings (SSSR count). The van der Waals surface area contributed by atoms with E-state index in [0.29, 0.717) is 13.1 Å². The number of methoxy groups -OCH3 is 1. The molecule has 178 valence electrons. The fraction of sp³-hybridized carbons (Fsp3) is 0.333. The van der Waals surface area contributed by atoms with Crippen LogP contribution >= 0.6 is 11.3 Å². The van der Waals surface area contributed by atoms with Crippen LogP contribution in [0.5, 0.6) is 5.75 Å². The zero-order valence-corrected chi connectivity index (χ0v) is 20.3. The number of benzene rings is 2. The highest BCUT2D eigenvalue weighted by Gasteiger charge is 2.34. The molecule has 0 aliphatic heterocycles. The lowest BCUT2D eigenvalue weighted by molar-refractivity contribution is -0.141. The quantitative estimate of drug-likeness (QED) is 0.412. The topological polar surface area (TPSA) is 49.9 Å². The zero-order valence-electron chi connectivity index (χ0n) is 19.5. The Hall–Kier alpha value is -3.19. The maximum Gasteiger partial charge on any atom is 0.242 e. The smallest absolute Gasteiger partial charge is 0.242 e. The number of amides is 2. The molecule has 0 N–H and O–H groups in total. The van der Waals surface area contributed by atoms with Crippen LogP contribution in [-0.2, 0) is 29.1 Å². The number of ether oxygens (including phenoxy) is 1. The van der Waals surface area contributed by atoms with Gasteiger partial charge in [-0.3, -0.25) is 9.59 Å². The standard InChI is InChI=1S/C27H29FN2O3S/c1-19-13-14-34-25(19)17-29(16-21-3-7-22(28)8-4-21)27(32)18-30(23-9-10-23)26(31)15-20-5-11-24(33-2)12-6-20/h3-8,11-14,23H,9-10,15-18H2,1-2H3. The Morgan fingerprint density at radius 3 is 2.24 bits per heavy atom. The third kappa shape index (κ3) is 6.23. The summed E-state index contributed by atoms with van der Waals surface area (Å²) in [7, 11) is 1.61. The second-order valence-corrected chi connectivity index (χ2v) is 9.68. The van der Waals surface area contributed by atoms with Gasteiger partial charge in [0.2, 0.25) is 11.8 Å². The number of halogens is 1. The number of thiophene rings is 1. The highest BCUT2D eigenvalue weighted by Crippen LogP contribution is 2.28. The molecule has 1 saturated carbocycles. The van der Waals surface area contributed by atoms with E-state index in [2.05, 4.69) is 0 Å². The highest BCUT2D eigenvalue weighted by molar-refractivity contribution is 7.10. The number of aryl methyl sites for hydroxylation is 1. The Labute approximate surface area is 203 Å². The van der Waals surface area contributed by atoms with Crippen LogP contribution in [0, 0.1) is 12.7 Å². The molecular weight excluding hydrogens is 451 g/mol. The monoisotopic (exact) mass is 480 g/mol. The van der Waals surface area contributed by atoms with E-state index in [0.717, 1.165) is 40.2 Å². The van der Waals surface area contributed by atoms with E-state index in [4.69, 9.17) is 4.74 Å². The molecule has 2 amide bonds. The molecule has 3 aromatic rings. The fourth-order valence-corrected chi connectivity index (χ4v) is 4.78. The molecule has 5 nitrogen and oxygen atoms in total. The normalized spacial score (nSPS) is 12.9.